The molecule has 1 heterocycles. The summed E-state index contributed by atoms with van der Waals surface area (Å²) < 4.78 is 5.43. The number of carbonyl (C=O) groups excluding carboxylic acids is 7. The first-order valence-electron chi connectivity index (χ1n) is 20.8. The Bertz CT molecular complexity index is 1310. The molecule has 1 aliphatic heterocycles. The maximum absolute atomic E-state index is 14.6. The number of nitrogens with two attached hydrogens (primary N) is 1. The summed E-state index contributed by atoms with van der Waals surface area (Å²) in [7, 11) is 0. The monoisotopic (exact) mass is 758 g/mol. The molecule has 0 aromatic carbocycles. The Kier molecular flexibility index (Phi) is 17.0. The van der Waals surface area contributed by atoms with E-state index in [9.17, 15) is 33.6 Å². The third-order valence-electron chi connectivity index (χ3n) is 12.0. The summed E-state index contributed by atoms with van der Waals surface area (Å²) in [5, 5.41) is 10.7. The Morgan fingerprint density at radius 3 is 1.87 bits per heavy atom. The Balaban J connectivity index is 1.46. The van der Waals surface area contributed by atoms with Crippen molar-refractivity contribution in [2.24, 2.45) is 35.3 Å². The first-order valence-corrected chi connectivity index (χ1v) is 20.8. The first kappa shape index (κ1) is 43.0. The lowest BCUT2D eigenvalue weighted by atomic mass is 9.79. The molecular formula is C40H66N6O8. The van der Waals surface area contributed by atoms with Gasteiger partial charge in [0, 0.05) is 6.54 Å². The van der Waals surface area contributed by atoms with E-state index in [2.05, 4.69) is 21.3 Å². The molecule has 304 valence electrons. The zero-order valence-corrected chi connectivity index (χ0v) is 32.8. The fourth-order valence-electron chi connectivity index (χ4n) is 9.09. The number of hydrogen-bond acceptors (Lipinski definition) is 8. The average Bonchev–Trinajstić information content (AvgIpc) is 3.63. The van der Waals surface area contributed by atoms with Gasteiger partial charge < -0.3 is 36.6 Å². The molecule has 1 saturated heterocycles. The minimum atomic E-state index is -1.17. The van der Waals surface area contributed by atoms with Crippen LogP contribution in [0.4, 0.5) is 4.79 Å². The normalized spacial score (nSPS) is 23.1. The molecule has 14 heteroatoms. The molecule has 0 spiro atoms. The number of Topliss-reactive ketones (excluding diaryl/α,β-unsaturated/α-hetero) is 1. The van der Waals surface area contributed by atoms with Crippen molar-refractivity contribution in [3.8, 4) is 0 Å². The molecule has 5 atom stereocenters. The molecule has 3 aliphatic carbocycles. The summed E-state index contributed by atoms with van der Waals surface area (Å²) in [5.74, 6) is -3.62. The average molecular weight is 759 g/mol. The van der Waals surface area contributed by atoms with Crippen LogP contribution in [-0.4, -0.2) is 90.2 Å². The van der Waals surface area contributed by atoms with E-state index in [0.717, 1.165) is 89.9 Å². The highest BCUT2D eigenvalue weighted by Crippen LogP contribution is 2.39. The van der Waals surface area contributed by atoms with Crippen molar-refractivity contribution in [3.63, 3.8) is 0 Å². The lowest BCUT2D eigenvalue weighted by molar-refractivity contribution is -0.143. The van der Waals surface area contributed by atoms with Crippen molar-refractivity contribution in [1.82, 2.24) is 26.2 Å². The minimum Gasteiger partial charge on any atom is -0.449 e. The van der Waals surface area contributed by atoms with E-state index in [1.165, 1.54) is 6.42 Å². The third kappa shape index (κ3) is 12.4. The Hall–Kier alpha value is -3.71. The Morgan fingerprint density at radius 2 is 1.31 bits per heavy atom. The van der Waals surface area contributed by atoms with Gasteiger partial charge in [-0.2, -0.15) is 0 Å². The van der Waals surface area contributed by atoms with Crippen LogP contribution >= 0.6 is 0 Å². The number of rotatable bonds is 17. The molecule has 2 unspecified atom stereocenters. The van der Waals surface area contributed by atoms with Crippen LogP contribution in [0.5, 0.6) is 0 Å². The lowest BCUT2D eigenvalue weighted by Gasteiger charge is -2.35. The number of primary amides is 1. The molecule has 6 N–H and O–H groups in total. The predicted octanol–water partition coefficient (Wildman–Crippen LogP) is 3.64. The van der Waals surface area contributed by atoms with Crippen LogP contribution in [0.3, 0.4) is 0 Å². The van der Waals surface area contributed by atoms with E-state index in [-0.39, 0.29) is 42.6 Å². The van der Waals surface area contributed by atoms with Crippen LogP contribution in [0.1, 0.15) is 136 Å². The number of nitrogens with one attached hydrogen (secondary N) is 4. The molecule has 14 nitrogen and oxygen atoms in total. The van der Waals surface area contributed by atoms with E-state index >= 15 is 0 Å². The van der Waals surface area contributed by atoms with Gasteiger partial charge in [-0.25, -0.2) is 4.79 Å². The summed E-state index contributed by atoms with van der Waals surface area (Å²) in [4.78, 5) is 94.7. The van der Waals surface area contributed by atoms with E-state index < -0.39 is 66.2 Å². The van der Waals surface area contributed by atoms with Crippen LogP contribution in [0.2, 0.25) is 0 Å². The van der Waals surface area contributed by atoms with Crippen LogP contribution < -0.4 is 27.0 Å². The van der Waals surface area contributed by atoms with Gasteiger partial charge in [0.2, 0.25) is 29.4 Å². The highest BCUT2D eigenvalue weighted by molar-refractivity contribution is 6.38. The zero-order chi connectivity index (χ0) is 39.2. The summed E-state index contributed by atoms with van der Waals surface area (Å²) in [6, 6.07) is -3.75. The third-order valence-corrected chi connectivity index (χ3v) is 12.0. The second-order valence-electron chi connectivity index (χ2n) is 16.7. The molecule has 6 amide bonds. The van der Waals surface area contributed by atoms with Crippen molar-refractivity contribution in [2.45, 2.75) is 161 Å². The second-order valence-corrected chi connectivity index (χ2v) is 16.7. The van der Waals surface area contributed by atoms with Crippen molar-refractivity contribution < 1.29 is 38.3 Å². The van der Waals surface area contributed by atoms with E-state index in [4.69, 9.17) is 10.5 Å². The number of alkyl carbamates (subject to hydrolysis) is 1. The quantitative estimate of drug-likeness (QED) is 0.138. The van der Waals surface area contributed by atoms with Gasteiger partial charge in [0.25, 0.3) is 5.91 Å². The van der Waals surface area contributed by atoms with Gasteiger partial charge in [-0.1, -0.05) is 97.8 Å². The van der Waals surface area contributed by atoms with Crippen molar-refractivity contribution >= 4 is 41.4 Å². The van der Waals surface area contributed by atoms with Gasteiger partial charge >= 0.3 is 6.09 Å². The van der Waals surface area contributed by atoms with E-state index in [1.54, 1.807) is 4.90 Å². The molecule has 4 aliphatic rings. The summed E-state index contributed by atoms with van der Waals surface area (Å²) >= 11 is 0. The van der Waals surface area contributed by atoms with Gasteiger partial charge in [0.05, 0.1) is 19.2 Å². The Labute approximate surface area is 320 Å². The van der Waals surface area contributed by atoms with Gasteiger partial charge in [-0.3, -0.25) is 28.8 Å². The standard InChI is InChI=1S/C40H66N6O8/c1-4-14-30(35(48)38(51)42-22-32(47)44-33(36(41)49)27-17-10-6-11-18-27)43-37(50)31-21-29(26-15-8-5-9-16-26)23-46(31)39(52)34(28-19-12-7-13-20-28)45-40(53)54-24-25(2)3/h25-31,33-34H,4-24H2,1-3H3,(H2,41,49)(H,42,51)(H,43,50)(H,44,47)(H,45,53)/t29-,30?,31?,33+,34+/m1/s1. The number of amides is 6. The maximum Gasteiger partial charge on any atom is 0.407 e. The van der Waals surface area contributed by atoms with Crippen molar-refractivity contribution in [1.29, 1.82) is 0 Å². The summed E-state index contributed by atoms with van der Waals surface area (Å²) in [6.45, 7) is 5.77. The maximum atomic E-state index is 14.6. The van der Waals surface area contributed by atoms with Crippen LogP contribution in [0, 0.1) is 29.6 Å². The SMILES string of the molecule is CCCC(NC(=O)C1C[C@@H](C2CCCCC2)CN1C(=O)[C@@H](NC(=O)OCC(C)C)C1CCCCC1)C(=O)C(=O)NCC(=O)N[C@H](C(N)=O)C1CCCCC1. The fourth-order valence-corrected chi connectivity index (χ4v) is 9.09. The number of nitrogens with zero attached hydrogens (tertiary/aromatic N) is 1. The van der Waals surface area contributed by atoms with Gasteiger partial charge in [0.15, 0.2) is 0 Å². The van der Waals surface area contributed by atoms with Gasteiger partial charge in [-0.05, 0) is 68.1 Å². The van der Waals surface area contributed by atoms with Crippen LogP contribution in [0.25, 0.3) is 0 Å². The number of ether oxygens (including phenoxy) is 1. The fraction of sp³-hybridized carbons (Fsp3) is 0.825. The Morgan fingerprint density at radius 1 is 0.741 bits per heavy atom. The van der Waals surface area contributed by atoms with Crippen molar-refractivity contribution in [3.05, 3.63) is 0 Å². The number of likely N-dealkylation sites (tertiary alicyclic amines) is 1. The number of hydrogen-bond donors (Lipinski definition) is 5. The number of carbonyl (C=O) groups is 7. The summed E-state index contributed by atoms with van der Waals surface area (Å²) in [5.41, 5.74) is 5.58. The summed E-state index contributed by atoms with van der Waals surface area (Å²) in [6.07, 6.45) is 14.9. The molecule has 4 rings (SSSR count). The second kappa shape index (κ2) is 21.4. The van der Waals surface area contributed by atoms with E-state index in [1.807, 2.05) is 20.8 Å². The van der Waals surface area contributed by atoms with Gasteiger partial charge in [0.1, 0.15) is 18.1 Å². The topological polar surface area (TPSA) is 206 Å². The molecule has 4 fully saturated rings. The molecule has 54 heavy (non-hydrogen) atoms. The number of ketones is 1. The molecular weight excluding hydrogens is 692 g/mol. The van der Waals surface area contributed by atoms with Crippen LogP contribution in [0.15, 0.2) is 0 Å². The van der Waals surface area contributed by atoms with E-state index in [0.29, 0.717) is 25.3 Å². The zero-order valence-electron chi connectivity index (χ0n) is 32.8. The molecule has 3 saturated carbocycles. The largest absolute Gasteiger partial charge is 0.449 e. The smallest absolute Gasteiger partial charge is 0.407 e. The lowest BCUT2D eigenvalue weighted by Crippen LogP contribution is -2.58. The molecule has 0 radical (unpaired) electrons. The van der Waals surface area contributed by atoms with Crippen LogP contribution in [-0.2, 0) is 33.5 Å². The predicted molar refractivity (Wildman–Crippen MR) is 202 cm³/mol. The minimum absolute atomic E-state index is 0.0751. The molecule has 0 aromatic heterocycles. The molecule has 0 aromatic rings. The highest BCUT2D eigenvalue weighted by atomic mass is 16.5. The van der Waals surface area contributed by atoms with Crippen molar-refractivity contribution in [2.75, 3.05) is 19.7 Å². The highest BCUT2D eigenvalue weighted by Gasteiger charge is 2.46. The first-order chi connectivity index (χ1) is 25.9. The van der Waals surface area contributed by atoms with Gasteiger partial charge in [-0.15, -0.1) is 0 Å². The molecule has 0 bridgehead atoms.